The summed E-state index contributed by atoms with van der Waals surface area (Å²) in [5.41, 5.74) is 0. The molecule has 0 heterocycles. The van der Waals surface area contributed by atoms with Gasteiger partial charge in [0.1, 0.15) is 6.61 Å². The molecule has 0 aromatic heterocycles. The van der Waals surface area contributed by atoms with E-state index in [0.29, 0.717) is 6.61 Å². The van der Waals surface area contributed by atoms with E-state index >= 15 is 0 Å². The third kappa shape index (κ3) is 4.68. The Bertz CT molecular complexity index is 110. The molecule has 0 N–H and O–H groups in total. The number of rotatable bonds is 3. The average Bonchev–Trinajstić information content (AvgIpc) is 1.82. The number of carbonyl (C=O) groups is 1. The molecule has 60 valence electrons. The van der Waals surface area contributed by atoms with Gasteiger partial charge in [0.05, 0.1) is 5.92 Å². The minimum atomic E-state index is -0.152. The summed E-state index contributed by atoms with van der Waals surface area (Å²) in [6.07, 6.45) is 0. The van der Waals surface area contributed by atoms with Crippen molar-refractivity contribution in [2.75, 3.05) is 6.61 Å². The van der Waals surface area contributed by atoms with Gasteiger partial charge in [-0.2, -0.15) is 12.6 Å². The molecule has 0 aromatic carbocycles. The summed E-state index contributed by atoms with van der Waals surface area (Å²) in [5, 5.41) is 0.127. The lowest BCUT2D eigenvalue weighted by molar-refractivity contribution is -0.147. The Morgan fingerprint density at radius 1 is 1.50 bits per heavy atom. The first-order valence-corrected chi connectivity index (χ1v) is 3.90. The number of hydrogen-bond acceptors (Lipinski definition) is 3. The molecule has 3 heteroatoms. The first kappa shape index (κ1) is 9.82. The van der Waals surface area contributed by atoms with Crippen LogP contribution in [0.3, 0.4) is 0 Å². The van der Waals surface area contributed by atoms with E-state index in [9.17, 15) is 4.79 Å². The highest BCUT2D eigenvalue weighted by atomic mass is 32.1. The van der Waals surface area contributed by atoms with Crippen LogP contribution >= 0.6 is 12.6 Å². The maximum absolute atomic E-state index is 10.8. The third-order valence-electron chi connectivity index (χ3n) is 0.938. The van der Waals surface area contributed by atoms with Crippen LogP contribution in [0.2, 0.25) is 0 Å². The highest BCUT2D eigenvalue weighted by molar-refractivity contribution is 7.80. The van der Waals surface area contributed by atoms with Crippen LogP contribution in [0.1, 0.15) is 20.8 Å². The van der Waals surface area contributed by atoms with Gasteiger partial charge in [-0.05, 0) is 0 Å². The zero-order chi connectivity index (χ0) is 8.15. The van der Waals surface area contributed by atoms with Crippen molar-refractivity contribution in [3.63, 3.8) is 0 Å². The number of hydrogen-bond donors (Lipinski definition) is 1. The number of ether oxygens (including phenoxy) is 1. The van der Waals surface area contributed by atoms with Gasteiger partial charge in [0.15, 0.2) is 0 Å². The molecule has 0 amide bonds. The standard InChI is InChI=1S/C7H14O2S/c1-5(2)7(8)9-4-6(3)10/h5-6,10H,4H2,1-3H3. The van der Waals surface area contributed by atoms with Gasteiger partial charge in [-0.1, -0.05) is 20.8 Å². The molecule has 0 rings (SSSR count). The normalized spacial score (nSPS) is 13.3. The highest BCUT2D eigenvalue weighted by Crippen LogP contribution is 1.99. The van der Waals surface area contributed by atoms with E-state index in [0.717, 1.165) is 0 Å². The maximum Gasteiger partial charge on any atom is 0.308 e. The Labute approximate surface area is 67.4 Å². The first-order valence-electron chi connectivity index (χ1n) is 3.38. The lowest BCUT2D eigenvalue weighted by atomic mass is 10.2. The molecule has 10 heavy (non-hydrogen) atoms. The second-order valence-electron chi connectivity index (χ2n) is 2.63. The largest absolute Gasteiger partial charge is 0.464 e. The quantitative estimate of drug-likeness (QED) is 0.503. The van der Waals surface area contributed by atoms with Crippen molar-refractivity contribution in [3.8, 4) is 0 Å². The van der Waals surface area contributed by atoms with Gasteiger partial charge >= 0.3 is 5.97 Å². The van der Waals surface area contributed by atoms with E-state index < -0.39 is 0 Å². The van der Waals surface area contributed by atoms with Crippen molar-refractivity contribution in [1.82, 2.24) is 0 Å². The Morgan fingerprint density at radius 3 is 2.30 bits per heavy atom. The maximum atomic E-state index is 10.8. The van der Waals surface area contributed by atoms with Gasteiger partial charge in [0.25, 0.3) is 0 Å². The molecule has 1 unspecified atom stereocenters. The Kier molecular flexibility index (Phi) is 4.52. The van der Waals surface area contributed by atoms with E-state index in [-0.39, 0.29) is 17.1 Å². The SMILES string of the molecule is CC(S)COC(=O)C(C)C. The van der Waals surface area contributed by atoms with Gasteiger partial charge in [0.2, 0.25) is 0 Å². The van der Waals surface area contributed by atoms with Crippen LogP contribution in [0.25, 0.3) is 0 Å². The van der Waals surface area contributed by atoms with E-state index in [2.05, 4.69) is 12.6 Å². The van der Waals surface area contributed by atoms with Crippen LogP contribution < -0.4 is 0 Å². The summed E-state index contributed by atoms with van der Waals surface area (Å²) in [7, 11) is 0. The predicted octanol–water partition coefficient (Wildman–Crippen LogP) is 1.50. The molecule has 0 aliphatic rings. The molecular formula is C7H14O2S. The van der Waals surface area contributed by atoms with E-state index in [4.69, 9.17) is 4.74 Å². The summed E-state index contributed by atoms with van der Waals surface area (Å²) < 4.78 is 4.85. The number of esters is 1. The third-order valence-corrected chi connectivity index (χ3v) is 1.09. The zero-order valence-electron chi connectivity index (χ0n) is 6.63. The van der Waals surface area contributed by atoms with Gasteiger partial charge in [0, 0.05) is 5.25 Å². The highest BCUT2D eigenvalue weighted by Gasteiger charge is 2.08. The van der Waals surface area contributed by atoms with Gasteiger partial charge in [-0.15, -0.1) is 0 Å². The van der Waals surface area contributed by atoms with Gasteiger partial charge in [-0.3, -0.25) is 4.79 Å². The van der Waals surface area contributed by atoms with Crippen LogP contribution in [-0.2, 0) is 9.53 Å². The molecule has 0 fully saturated rings. The van der Waals surface area contributed by atoms with Gasteiger partial charge < -0.3 is 4.74 Å². The van der Waals surface area contributed by atoms with Crippen LogP contribution in [0.4, 0.5) is 0 Å². The van der Waals surface area contributed by atoms with Crippen molar-refractivity contribution < 1.29 is 9.53 Å². The summed E-state index contributed by atoms with van der Waals surface area (Å²) in [6, 6.07) is 0. The Balaban J connectivity index is 3.40. The van der Waals surface area contributed by atoms with Crippen molar-refractivity contribution in [2.45, 2.75) is 26.0 Å². The topological polar surface area (TPSA) is 26.3 Å². The fourth-order valence-electron chi connectivity index (χ4n) is 0.369. The van der Waals surface area contributed by atoms with E-state index in [1.807, 2.05) is 20.8 Å². The Hall–Kier alpha value is -0.180. The molecular weight excluding hydrogens is 148 g/mol. The summed E-state index contributed by atoms with van der Waals surface area (Å²) in [5.74, 6) is -0.187. The second kappa shape index (κ2) is 4.61. The first-order chi connectivity index (χ1) is 4.54. The van der Waals surface area contributed by atoms with Crippen molar-refractivity contribution in [1.29, 1.82) is 0 Å². The van der Waals surface area contributed by atoms with Crippen LogP contribution in [-0.4, -0.2) is 17.8 Å². The molecule has 2 nitrogen and oxygen atoms in total. The lowest BCUT2D eigenvalue weighted by Crippen LogP contribution is -2.16. The molecule has 0 aromatic rings. The molecule has 0 aliphatic heterocycles. The molecule has 0 saturated heterocycles. The molecule has 0 aliphatic carbocycles. The molecule has 0 spiro atoms. The Morgan fingerprint density at radius 2 is 2.00 bits per heavy atom. The predicted molar refractivity (Wildman–Crippen MR) is 44.2 cm³/mol. The monoisotopic (exact) mass is 162 g/mol. The van der Waals surface area contributed by atoms with Crippen molar-refractivity contribution in [2.24, 2.45) is 5.92 Å². The van der Waals surface area contributed by atoms with Crippen molar-refractivity contribution >= 4 is 18.6 Å². The minimum Gasteiger partial charge on any atom is -0.464 e. The minimum absolute atomic E-state index is 0.0351. The lowest BCUT2D eigenvalue weighted by Gasteiger charge is -2.07. The van der Waals surface area contributed by atoms with E-state index in [1.165, 1.54) is 0 Å². The smallest absolute Gasteiger partial charge is 0.308 e. The summed E-state index contributed by atoms with van der Waals surface area (Å²) in [4.78, 5) is 10.8. The molecule has 0 radical (unpaired) electrons. The second-order valence-corrected chi connectivity index (χ2v) is 3.52. The summed E-state index contributed by atoms with van der Waals surface area (Å²) in [6.45, 7) is 5.91. The number of thiol groups is 1. The molecule has 0 bridgehead atoms. The van der Waals surface area contributed by atoms with Crippen LogP contribution in [0, 0.1) is 5.92 Å². The van der Waals surface area contributed by atoms with E-state index in [1.54, 1.807) is 0 Å². The fraction of sp³-hybridized carbons (Fsp3) is 0.857. The molecule has 0 saturated carbocycles. The molecule has 1 atom stereocenters. The van der Waals surface area contributed by atoms with Crippen LogP contribution in [0.5, 0.6) is 0 Å². The van der Waals surface area contributed by atoms with Gasteiger partial charge in [-0.25, -0.2) is 0 Å². The average molecular weight is 162 g/mol. The fourth-order valence-corrected chi connectivity index (χ4v) is 0.444. The number of carbonyl (C=O) groups excluding carboxylic acids is 1. The van der Waals surface area contributed by atoms with Crippen LogP contribution in [0.15, 0.2) is 0 Å². The van der Waals surface area contributed by atoms with Crippen molar-refractivity contribution in [3.05, 3.63) is 0 Å². The summed E-state index contributed by atoms with van der Waals surface area (Å²) >= 11 is 4.06. The zero-order valence-corrected chi connectivity index (χ0v) is 7.52.